The van der Waals surface area contributed by atoms with Crippen molar-refractivity contribution in [3.05, 3.63) is 0 Å². The first kappa shape index (κ1) is 13.2. The Labute approximate surface area is 85.7 Å². The smallest absolute Gasteiger partial charge is 0.0616 e. The fourth-order valence-corrected chi connectivity index (χ4v) is 1.32. The van der Waals surface area contributed by atoms with Crippen molar-refractivity contribution in [1.29, 1.82) is 0 Å². The molecule has 0 aromatic heterocycles. The Morgan fingerprint density at radius 3 is 2.77 bits per heavy atom. The van der Waals surface area contributed by atoms with Crippen molar-refractivity contribution in [3.63, 3.8) is 0 Å². The standard InChI is InChI=1S/C9H20ClNO2/c1-3-13-7-6-11-9(4-5-10)8-12-2/h9,11H,3-8H2,1-2H3. The van der Waals surface area contributed by atoms with Gasteiger partial charge in [-0.1, -0.05) is 0 Å². The zero-order valence-electron chi connectivity index (χ0n) is 8.51. The molecular weight excluding hydrogens is 190 g/mol. The van der Waals surface area contributed by atoms with Crippen LogP contribution < -0.4 is 5.32 Å². The maximum absolute atomic E-state index is 5.65. The minimum Gasteiger partial charge on any atom is -0.383 e. The molecule has 0 rings (SSSR count). The van der Waals surface area contributed by atoms with E-state index in [4.69, 9.17) is 21.1 Å². The van der Waals surface area contributed by atoms with Crippen molar-refractivity contribution >= 4 is 11.6 Å². The molecule has 0 amide bonds. The third-order valence-corrected chi connectivity index (χ3v) is 1.93. The van der Waals surface area contributed by atoms with Crippen LogP contribution in [-0.2, 0) is 9.47 Å². The normalized spacial score (nSPS) is 13.2. The summed E-state index contributed by atoms with van der Waals surface area (Å²) in [6.45, 7) is 5.08. The van der Waals surface area contributed by atoms with Gasteiger partial charge in [-0.05, 0) is 13.3 Å². The molecule has 1 atom stereocenters. The van der Waals surface area contributed by atoms with Crippen LogP contribution in [0.25, 0.3) is 0 Å². The summed E-state index contributed by atoms with van der Waals surface area (Å²) in [5, 5.41) is 3.32. The van der Waals surface area contributed by atoms with Gasteiger partial charge < -0.3 is 14.8 Å². The number of alkyl halides is 1. The van der Waals surface area contributed by atoms with Gasteiger partial charge in [0.05, 0.1) is 13.2 Å². The topological polar surface area (TPSA) is 30.5 Å². The van der Waals surface area contributed by atoms with E-state index in [0.717, 1.165) is 26.2 Å². The molecule has 0 spiro atoms. The lowest BCUT2D eigenvalue weighted by atomic mass is 10.2. The van der Waals surface area contributed by atoms with Crippen molar-refractivity contribution in [3.8, 4) is 0 Å². The number of ether oxygens (including phenoxy) is 2. The van der Waals surface area contributed by atoms with Gasteiger partial charge in [-0.2, -0.15) is 0 Å². The van der Waals surface area contributed by atoms with Crippen LogP contribution in [0.15, 0.2) is 0 Å². The molecule has 0 aliphatic rings. The minimum absolute atomic E-state index is 0.350. The lowest BCUT2D eigenvalue weighted by Crippen LogP contribution is -2.35. The Morgan fingerprint density at radius 1 is 1.46 bits per heavy atom. The van der Waals surface area contributed by atoms with Crippen LogP contribution in [0.4, 0.5) is 0 Å². The summed E-state index contributed by atoms with van der Waals surface area (Å²) in [7, 11) is 1.70. The SMILES string of the molecule is CCOCCNC(CCCl)COC. The molecular formula is C9H20ClNO2. The van der Waals surface area contributed by atoms with Gasteiger partial charge in [-0.25, -0.2) is 0 Å². The largest absolute Gasteiger partial charge is 0.383 e. The third kappa shape index (κ3) is 8.50. The highest BCUT2D eigenvalue weighted by atomic mass is 35.5. The van der Waals surface area contributed by atoms with Crippen molar-refractivity contribution in [2.45, 2.75) is 19.4 Å². The van der Waals surface area contributed by atoms with E-state index in [1.54, 1.807) is 7.11 Å². The number of nitrogens with one attached hydrogen (secondary N) is 1. The van der Waals surface area contributed by atoms with Gasteiger partial charge in [0.25, 0.3) is 0 Å². The fourth-order valence-electron chi connectivity index (χ4n) is 1.06. The second kappa shape index (κ2) is 10.3. The minimum atomic E-state index is 0.350. The molecule has 0 saturated heterocycles. The molecule has 3 nitrogen and oxygen atoms in total. The molecule has 13 heavy (non-hydrogen) atoms. The molecule has 0 saturated carbocycles. The molecule has 0 radical (unpaired) electrons. The molecule has 1 N–H and O–H groups in total. The van der Waals surface area contributed by atoms with E-state index in [1.807, 2.05) is 6.92 Å². The zero-order valence-corrected chi connectivity index (χ0v) is 9.27. The first-order valence-corrected chi connectivity index (χ1v) is 5.24. The fraction of sp³-hybridized carbons (Fsp3) is 1.00. The maximum atomic E-state index is 5.65. The average molecular weight is 210 g/mol. The quantitative estimate of drug-likeness (QED) is 0.458. The van der Waals surface area contributed by atoms with Crippen LogP contribution >= 0.6 is 11.6 Å². The van der Waals surface area contributed by atoms with E-state index >= 15 is 0 Å². The monoisotopic (exact) mass is 209 g/mol. The molecule has 0 aromatic carbocycles. The van der Waals surface area contributed by atoms with Crippen LogP contribution in [0.1, 0.15) is 13.3 Å². The summed E-state index contributed by atoms with van der Waals surface area (Å²) in [6.07, 6.45) is 0.932. The first-order chi connectivity index (χ1) is 6.35. The van der Waals surface area contributed by atoms with E-state index in [2.05, 4.69) is 5.32 Å². The maximum Gasteiger partial charge on any atom is 0.0616 e. The van der Waals surface area contributed by atoms with Crippen LogP contribution in [0.2, 0.25) is 0 Å². The number of methoxy groups -OCH3 is 1. The summed E-state index contributed by atoms with van der Waals surface area (Å²) in [6, 6.07) is 0.350. The van der Waals surface area contributed by atoms with Crippen molar-refractivity contribution < 1.29 is 9.47 Å². The Kier molecular flexibility index (Phi) is 10.4. The molecule has 1 unspecified atom stereocenters. The van der Waals surface area contributed by atoms with Crippen molar-refractivity contribution in [1.82, 2.24) is 5.32 Å². The van der Waals surface area contributed by atoms with Gasteiger partial charge in [0, 0.05) is 32.2 Å². The zero-order chi connectivity index (χ0) is 9.94. The number of hydrogen-bond acceptors (Lipinski definition) is 3. The van der Waals surface area contributed by atoms with Crippen LogP contribution in [-0.4, -0.2) is 45.4 Å². The highest BCUT2D eigenvalue weighted by molar-refractivity contribution is 6.17. The Balaban J connectivity index is 3.33. The molecule has 4 heteroatoms. The highest BCUT2D eigenvalue weighted by Crippen LogP contribution is 1.94. The van der Waals surface area contributed by atoms with Gasteiger partial charge in [0.2, 0.25) is 0 Å². The second-order valence-corrected chi connectivity index (χ2v) is 3.16. The van der Waals surface area contributed by atoms with Crippen LogP contribution in [0, 0.1) is 0 Å². The van der Waals surface area contributed by atoms with E-state index in [1.165, 1.54) is 0 Å². The average Bonchev–Trinajstić information content (AvgIpc) is 2.13. The lowest BCUT2D eigenvalue weighted by molar-refractivity contribution is 0.132. The summed E-state index contributed by atoms with van der Waals surface area (Å²) in [5.41, 5.74) is 0. The Hall–Kier alpha value is 0.170. The highest BCUT2D eigenvalue weighted by Gasteiger charge is 2.05. The van der Waals surface area contributed by atoms with E-state index in [9.17, 15) is 0 Å². The predicted molar refractivity (Wildman–Crippen MR) is 55.5 cm³/mol. The van der Waals surface area contributed by atoms with Gasteiger partial charge in [-0.3, -0.25) is 0 Å². The molecule has 80 valence electrons. The number of rotatable bonds is 9. The van der Waals surface area contributed by atoms with Gasteiger partial charge in [-0.15, -0.1) is 11.6 Å². The Bertz CT molecular complexity index is 97.6. The first-order valence-electron chi connectivity index (χ1n) is 4.71. The summed E-state index contributed by atoms with van der Waals surface area (Å²) in [4.78, 5) is 0. The summed E-state index contributed by atoms with van der Waals surface area (Å²) in [5.74, 6) is 0.662. The summed E-state index contributed by atoms with van der Waals surface area (Å²) < 4.78 is 10.3. The van der Waals surface area contributed by atoms with Crippen LogP contribution in [0.5, 0.6) is 0 Å². The van der Waals surface area contributed by atoms with E-state index in [-0.39, 0.29) is 0 Å². The van der Waals surface area contributed by atoms with Gasteiger partial charge >= 0.3 is 0 Å². The number of hydrogen-bond donors (Lipinski definition) is 1. The molecule has 0 aliphatic carbocycles. The lowest BCUT2D eigenvalue weighted by Gasteiger charge is -2.16. The Morgan fingerprint density at radius 2 is 2.23 bits per heavy atom. The number of halogens is 1. The second-order valence-electron chi connectivity index (χ2n) is 2.78. The predicted octanol–water partition coefficient (Wildman–Crippen LogP) is 1.26. The van der Waals surface area contributed by atoms with E-state index < -0.39 is 0 Å². The van der Waals surface area contributed by atoms with Gasteiger partial charge in [0.1, 0.15) is 0 Å². The molecule has 0 bridgehead atoms. The van der Waals surface area contributed by atoms with Crippen molar-refractivity contribution in [2.75, 3.05) is 39.4 Å². The van der Waals surface area contributed by atoms with Crippen LogP contribution in [0.3, 0.4) is 0 Å². The molecule has 0 aromatic rings. The van der Waals surface area contributed by atoms with Crippen molar-refractivity contribution in [2.24, 2.45) is 0 Å². The summed E-state index contributed by atoms with van der Waals surface area (Å²) >= 11 is 5.65. The van der Waals surface area contributed by atoms with E-state index in [0.29, 0.717) is 18.5 Å². The third-order valence-electron chi connectivity index (χ3n) is 1.71. The molecule has 0 fully saturated rings. The molecule has 0 heterocycles. The van der Waals surface area contributed by atoms with Gasteiger partial charge in [0.15, 0.2) is 0 Å². The molecule has 0 aliphatic heterocycles.